The van der Waals surface area contributed by atoms with E-state index in [0.717, 1.165) is 44.9 Å². The van der Waals surface area contributed by atoms with Crippen LogP contribution >= 0.6 is 0 Å². The summed E-state index contributed by atoms with van der Waals surface area (Å²) < 4.78 is 12.5. The highest BCUT2D eigenvalue weighted by Crippen LogP contribution is 2.59. The maximum Gasteiger partial charge on any atom is 0.338 e. The molecule has 0 saturated heterocycles. The van der Waals surface area contributed by atoms with E-state index in [4.69, 9.17) is 9.47 Å². The molecule has 0 heterocycles. The summed E-state index contributed by atoms with van der Waals surface area (Å²) >= 11 is 0. The summed E-state index contributed by atoms with van der Waals surface area (Å²) in [4.78, 5) is 26.7. The van der Waals surface area contributed by atoms with Crippen molar-refractivity contribution in [2.45, 2.75) is 96.7 Å². The van der Waals surface area contributed by atoms with Crippen molar-refractivity contribution in [2.24, 2.45) is 23.7 Å². The van der Waals surface area contributed by atoms with Crippen molar-refractivity contribution in [3.63, 3.8) is 0 Å². The smallest absolute Gasteiger partial charge is 0.338 e. The average molecular weight is 503 g/mol. The molecule has 0 N–H and O–H groups in total. The van der Waals surface area contributed by atoms with Crippen molar-refractivity contribution in [3.8, 4) is 0 Å². The van der Waals surface area contributed by atoms with Gasteiger partial charge in [0.25, 0.3) is 0 Å². The molecule has 2 aromatic carbocycles. The number of hydrogen-bond donors (Lipinski definition) is 0. The topological polar surface area (TPSA) is 52.6 Å². The molecular weight excluding hydrogens is 460 g/mol. The fourth-order valence-corrected chi connectivity index (χ4v) is 7.32. The standard InChI is InChI=1S/C33H42O4/c1-3-5-11-22-13-9-15-24(19-22)32(34)36-30-28-21-29(27-18-8-7-17-26(27)28)31(30)37-33(35)25-16-10-14-23(20-25)12-6-4-2/h9-10,13-16,19-20,26-31H,3-8,11-12,17-18,21H2,1-2H3. The highest BCUT2D eigenvalue weighted by Gasteiger charge is 2.61. The maximum atomic E-state index is 13.3. The summed E-state index contributed by atoms with van der Waals surface area (Å²) in [5, 5.41) is 0. The predicted octanol–water partition coefficient (Wildman–Crippen LogP) is 7.58. The minimum Gasteiger partial charge on any atom is -0.455 e. The van der Waals surface area contributed by atoms with E-state index in [9.17, 15) is 9.59 Å². The summed E-state index contributed by atoms with van der Waals surface area (Å²) in [6.07, 6.45) is 11.6. The molecule has 6 unspecified atom stereocenters. The highest BCUT2D eigenvalue weighted by atomic mass is 16.6. The molecule has 5 rings (SSSR count). The summed E-state index contributed by atoms with van der Waals surface area (Å²) in [5.41, 5.74) is 3.54. The number of rotatable bonds is 10. The van der Waals surface area contributed by atoms with Gasteiger partial charge < -0.3 is 9.47 Å². The molecule has 2 bridgehead atoms. The molecule has 37 heavy (non-hydrogen) atoms. The minimum atomic E-state index is -0.358. The third-order valence-electron chi connectivity index (χ3n) is 9.14. The Morgan fingerprint density at radius 2 is 1.16 bits per heavy atom. The largest absolute Gasteiger partial charge is 0.455 e. The van der Waals surface area contributed by atoms with Crippen LogP contribution < -0.4 is 0 Å². The first-order valence-corrected chi connectivity index (χ1v) is 14.7. The highest BCUT2D eigenvalue weighted by molar-refractivity contribution is 5.90. The zero-order valence-corrected chi connectivity index (χ0v) is 22.5. The number of benzene rings is 2. The number of ether oxygens (including phenoxy) is 2. The molecule has 3 aliphatic carbocycles. The van der Waals surface area contributed by atoms with Gasteiger partial charge >= 0.3 is 11.9 Å². The third-order valence-corrected chi connectivity index (χ3v) is 9.14. The molecular formula is C33H42O4. The zero-order chi connectivity index (χ0) is 25.8. The van der Waals surface area contributed by atoms with Crippen LogP contribution in [0.4, 0.5) is 0 Å². The Bertz CT molecular complexity index is 1010. The van der Waals surface area contributed by atoms with Crippen LogP contribution in [0.1, 0.15) is 103 Å². The fraction of sp³-hybridized carbons (Fsp3) is 0.576. The summed E-state index contributed by atoms with van der Waals surface area (Å²) in [6.45, 7) is 4.35. The summed E-state index contributed by atoms with van der Waals surface area (Å²) in [6, 6.07) is 15.7. The van der Waals surface area contributed by atoms with Crippen LogP contribution in [0.15, 0.2) is 48.5 Å². The van der Waals surface area contributed by atoms with Crippen molar-refractivity contribution in [3.05, 3.63) is 70.8 Å². The van der Waals surface area contributed by atoms with Crippen molar-refractivity contribution in [1.29, 1.82) is 0 Å². The first-order valence-electron chi connectivity index (χ1n) is 14.7. The van der Waals surface area contributed by atoms with Gasteiger partial charge in [-0.05, 0) is 92.2 Å². The Balaban J connectivity index is 1.34. The third kappa shape index (κ3) is 5.63. The number of carbonyl (C=O) groups excluding carboxylic acids is 2. The number of hydrogen-bond acceptors (Lipinski definition) is 4. The van der Waals surface area contributed by atoms with E-state index in [2.05, 4.69) is 26.0 Å². The lowest BCUT2D eigenvalue weighted by molar-refractivity contribution is -0.0872. The van der Waals surface area contributed by atoms with E-state index < -0.39 is 0 Å². The maximum absolute atomic E-state index is 13.3. The van der Waals surface area contributed by atoms with Gasteiger partial charge in [-0.15, -0.1) is 0 Å². The lowest BCUT2D eigenvalue weighted by Crippen LogP contribution is -2.47. The average Bonchev–Trinajstić information content (AvgIpc) is 3.48. The van der Waals surface area contributed by atoms with Crippen LogP contribution in [-0.4, -0.2) is 24.1 Å². The molecule has 4 heteroatoms. The van der Waals surface area contributed by atoms with Gasteiger partial charge in [0.1, 0.15) is 12.2 Å². The first-order chi connectivity index (χ1) is 18.1. The van der Waals surface area contributed by atoms with E-state index in [0.29, 0.717) is 23.0 Å². The molecule has 198 valence electrons. The van der Waals surface area contributed by atoms with Gasteiger partial charge in [0.15, 0.2) is 0 Å². The van der Waals surface area contributed by atoms with Crippen LogP contribution in [-0.2, 0) is 22.3 Å². The van der Waals surface area contributed by atoms with Crippen molar-refractivity contribution >= 4 is 11.9 Å². The van der Waals surface area contributed by atoms with Gasteiger partial charge in [0.05, 0.1) is 11.1 Å². The molecule has 3 aliphatic rings. The Morgan fingerprint density at radius 3 is 1.59 bits per heavy atom. The second kappa shape index (κ2) is 11.8. The van der Waals surface area contributed by atoms with Crippen molar-refractivity contribution in [2.75, 3.05) is 0 Å². The van der Waals surface area contributed by atoms with E-state index in [1.165, 1.54) is 36.8 Å². The molecule has 0 spiro atoms. The number of unbranched alkanes of at least 4 members (excludes halogenated alkanes) is 2. The second-order valence-corrected chi connectivity index (χ2v) is 11.5. The molecule has 6 atom stereocenters. The fourth-order valence-electron chi connectivity index (χ4n) is 7.32. The van der Waals surface area contributed by atoms with Gasteiger partial charge in [-0.3, -0.25) is 0 Å². The van der Waals surface area contributed by atoms with Gasteiger partial charge in [0, 0.05) is 11.8 Å². The second-order valence-electron chi connectivity index (χ2n) is 11.5. The first kappa shape index (κ1) is 26.0. The molecule has 4 nitrogen and oxygen atoms in total. The Labute approximate surface area is 222 Å². The van der Waals surface area contributed by atoms with Crippen LogP contribution in [0.5, 0.6) is 0 Å². The zero-order valence-electron chi connectivity index (χ0n) is 22.5. The normalized spacial score (nSPS) is 28.1. The SMILES string of the molecule is CCCCc1cccc(C(=O)OC2C3CC(C4CCCCC43)C2OC(=O)c2cccc(CCCC)c2)c1. The monoisotopic (exact) mass is 502 g/mol. The lowest BCUT2D eigenvalue weighted by Gasteiger charge is -2.42. The quantitative estimate of drug-likeness (QED) is 0.314. The Kier molecular flexibility index (Phi) is 8.32. The molecule has 3 fully saturated rings. The molecule has 0 aliphatic heterocycles. The van der Waals surface area contributed by atoms with Crippen LogP contribution in [0.3, 0.4) is 0 Å². The molecule has 0 aromatic heterocycles. The van der Waals surface area contributed by atoms with E-state index >= 15 is 0 Å². The van der Waals surface area contributed by atoms with E-state index in [-0.39, 0.29) is 36.0 Å². The Hall–Kier alpha value is -2.62. The molecule has 0 amide bonds. The van der Waals surface area contributed by atoms with E-state index in [1.54, 1.807) is 0 Å². The predicted molar refractivity (Wildman–Crippen MR) is 146 cm³/mol. The van der Waals surface area contributed by atoms with Gasteiger partial charge in [-0.2, -0.15) is 0 Å². The number of esters is 2. The van der Waals surface area contributed by atoms with Gasteiger partial charge in [-0.25, -0.2) is 9.59 Å². The van der Waals surface area contributed by atoms with Crippen LogP contribution in [0.25, 0.3) is 0 Å². The van der Waals surface area contributed by atoms with Crippen LogP contribution in [0.2, 0.25) is 0 Å². The number of fused-ring (bicyclic) bond motifs is 5. The summed E-state index contributed by atoms with van der Waals surface area (Å²) in [5.74, 6) is 1.17. The lowest BCUT2D eigenvalue weighted by atomic mass is 9.69. The van der Waals surface area contributed by atoms with E-state index in [1.807, 2.05) is 36.4 Å². The number of carbonyl (C=O) groups is 2. The van der Waals surface area contributed by atoms with Gasteiger partial charge in [0.2, 0.25) is 0 Å². The molecule has 0 radical (unpaired) electrons. The van der Waals surface area contributed by atoms with Crippen molar-refractivity contribution < 1.29 is 19.1 Å². The minimum absolute atomic E-state index is 0.286. The summed E-state index contributed by atoms with van der Waals surface area (Å²) in [7, 11) is 0. The number of aryl methyl sites for hydroxylation is 2. The molecule has 3 saturated carbocycles. The Morgan fingerprint density at radius 1 is 0.703 bits per heavy atom. The van der Waals surface area contributed by atoms with Crippen molar-refractivity contribution in [1.82, 2.24) is 0 Å². The van der Waals surface area contributed by atoms with Gasteiger partial charge in [-0.1, -0.05) is 63.8 Å². The van der Waals surface area contributed by atoms with Crippen LogP contribution in [0, 0.1) is 23.7 Å². The molecule has 2 aromatic rings.